The maximum atomic E-state index is 10.3. The van der Waals surface area contributed by atoms with Crippen LogP contribution in [0.3, 0.4) is 0 Å². The van der Waals surface area contributed by atoms with Crippen molar-refractivity contribution in [2.24, 2.45) is 0 Å². The van der Waals surface area contributed by atoms with Crippen LogP contribution >= 0.6 is 15.9 Å². The summed E-state index contributed by atoms with van der Waals surface area (Å²) in [5.41, 5.74) is 1.65. The van der Waals surface area contributed by atoms with Gasteiger partial charge in [0.2, 0.25) is 0 Å². The number of hydrogen-bond acceptors (Lipinski definition) is 5. The van der Waals surface area contributed by atoms with Crippen LogP contribution in [0.4, 0.5) is 0 Å². The fourth-order valence-electron chi connectivity index (χ4n) is 2.63. The highest BCUT2D eigenvalue weighted by atomic mass is 79.9. The summed E-state index contributed by atoms with van der Waals surface area (Å²) in [6.07, 6.45) is 3.71. The zero-order valence-corrected chi connectivity index (χ0v) is 14.4. The third kappa shape index (κ3) is 4.84. The van der Waals surface area contributed by atoms with Crippen LogP contribution in [0.25, 0.3) is 0 Å². The number of ether oxygens (including phenoxy) is 1. The van der Waals surface area contributed by atoms with E-state index in [-0.39, 0.29) is 6.10 Å². The van der Waals surface area contributed by atoms with Gasteiger partial charge in [-0.1, -0.05) is 33.3 Å². The first-order chi connectivity index (χ1) is 11.2. The highest BCUT2D eigenvalue weighted by Gasteiger charge is 2.15. The van der Waals surface area contributed by atoms with Gasteiger partial charge in [0, 0.05) is 11.0 Å². The lowest BCUT2D eigenvalue weighted by molar-refractivity contribution is 0.0235. The van der Waals surface area contributed by atoms with E-state index in [9.17, 15) is 5.11 Å². The van der Waals surface area contributed by atoms with Crippen LogP contribution in [-0.2, 0) is 17.9 Å². The number of hydrogen-bond donors (Lipinski definition) is 2. The zero-order chi connectivity index (χ0) is 16.1. The van der Waals surface area contributed by atoms with Crippen molar-refractivity contribution >= 4 is 15.9 Å². The minimum Gasteiger partial charge on any atom is -0.386 e. The topological polar surface area (TPSA) is 72.2 Å². The maximum absolute atomic E-state index is 10.3. The van der Waals surface area contributed by atoms with Gasteiger partial charge in [0.1, 0.15) is 5.69 Å². The van der Waals surface area contributed by atoms with E-state index in [1.165, 1.54) is 0 Å². The molecule has 2 atom stereocenters. The molecule has 2 N–H and O–H groups in total. The van der Waals surface area contributed by atoms with Crippen molar-refractivity contribution in [2.75, 3.05) is 13.1 Å². The number of nitrogens with zero attached hydrogens (tertiary/aromatic N) is 3. The van der Waals surface area contributed by atoms with Gasteiger partial charge >= 0.3 is 0 Å². The van der Waals surface area contributed by atoms with Crippen LogP contribution in [0.5, 0.6) is 0 Å². The minimum atomic E-state index is -0.610. The Hall–Kier alpha value is -1.28. The minimum absolute atomic E-state index is 0.252. The number of rotatable bonds is 6. The largest absolute Gasteiger partial charge is 0.386 e. The Balaban J connectivity index is 1.51. The van der Waals surface area contributed by atoms with Crippen molar-refractivity contribution in [3.8, 4) is 0 Å². The molecule has 1 aromatic heterocycles. The Kier molecular flexibility index (Phi) is 5.77. The first kappa shape index (κ1) is 16.6. The number of halogens is 1. The molecule has 1 unspecified atom stereocenters. The first-order valence-corrected chi connectivity index (χ1v) is 8.65. The molecule has 1 saturated heterocycles. The van der Waals surface area contributed by atoms with E-state index in [0.717, 1.165) is 41.7 Å². The molecule has 124 valence electrons. The van der Waals surface area contributed by atoms with Crippen LogP contribution in [0.15, 0.2) is 34.9 Å². The highest BCUT2D eigenvalue weighted by molar-refractivity contribution is 9.10. The van der Waals surface area contributed by atoms with Crippen LogP contribution < -0.4 is 5.32 Å². The molecule has 0 saturated carbocycles. The molecular weight excluding hydrogens is 360 g/mol. The smallest absolute Gasteiger partial charge is 0.108 e. The van der Waals surface area contributed by atoms with Crippen molar-refractivity contribution in [3.05, 3.63) is 46.2 Å². The standard InChI is InChI=1S/C16H21BrN4O2/c17-13-5-3-12(4-6-13)16(22)10-21-9-14(19-20-21)11-23-15-2-1-7-18-8-15/h3-6,9,15-16,18,22H,1-2,7-8,10-11H2/t15?,16-/m0/s1. The van der Waals surface area contributed by atoms with Crippen LogP contribution in [0, 0.1) is 0 Å². The van der Waals surface area contributed by atoms with E-state index in [2.05, 4.69) is 31.6 Å². The van der Waals surface area contributed by atoms with Gasteiger partial charge in [-0.3, -0.25) is 0 Å². The molecule has 1 aliphatic heterocycles. The third-order valence-electron chi connectivity index (χ3n) is 3.92. The molecule has 3 rings (SSSR count). The second-order valence-corrected chi connectivity index (χ2v) is 6.69. The van der Waals surface area contributed by atoms with Gasteiger partial charge in [-0.15, -0.1) is 5.10 Å². The Morgan fingerprint density at radius 3 is 2.96 bits per heavy atom. The quantitative estimate of drug-likeness (QED) is 0.802. The summed E-state index contributed by atoms with van der Waals surface area (Å²) >= 11 is 3.39. The highest BCUT2D eigenvalue weighted by Crippen LogP contribution is 2.18. The summed E-state index contributed by atoms with van der Waals surface area (Å²) in [4.78, 5) is 0. The summed E-state index contributed by atoms with van der Waals surface area (Å²) in [5.74, 6) is 0. The molecule has 1 aliphatic rings. The van der Waals surface area contributed by atoms with E-state index in [1.807, 2.05) is 30.5 Å². The number of aromatic nitrogens is 3. The number of aliphatic hydroxyl groups is 1. The fraction of sp³-hybridized carbons (Fsp3) is 0.500. The SMILES string of the molecule is O[C@@H](Cn1cc(COC2CCCNC2)nn1)c1ccc(Br)cc1. The van der Waals surface area contributed by atoms with Crippen molar-refractivity contribution in [1.29, 1.82) is 0 Å². The molecule has 0 spiro atoms. The van der Waals surface area contributed by atoms with E-state index in [4.69, 9.17) is 4.74 Å². The molecular formula is C16H21BrN4O2. The molecule has 7 heteroatoms. The van der Waals surface area contributed by atoms with E-state index in [1.54, 1.807) is 4.68 Å². The average molecular weight is 381 g/mol. The van der Waals surface area contributed by atoms with Crippen molar-refractivity contribution in [2.45, 2.75) is 38.2 Å². The molecule has 0 amide bonds. The van der Waals surface area contributed by atoms with E-state index in [0.29, 0.717) is 13.2 Å². The van der Waals surface area contributed by atoms with Gasteiger partial charge in [0.05, 0.1) is 31.6 Å². The van der Waals surface area contributed by atoms with Gasteiger partial charge in [-0.05, 0) is 37.1 Å². The van der Waals surface area contributed by atoms with E-state index < -0.39 is 6.10 Å². The first-order valence-electron chi connectivity index (χ1n) is 7.85. The lowest BCUT2D eigenvalue weighted by atomic mass is 10.1. The van der Waals surface area contributed by atoms with Gasteiger partial charge < -0.3 is 15.2 Å². The Bertz CT molecular complexity index is 611. The van der Waals surface area contributed by atoms with Crippen LogP contribution in [0.2, 0.25) is 0 Å². The lowest BCUT2D eigenvalue weighted by Gasteiger charge is -2.22. The molecule has 23 heavy (non-hydrogen) atoms. The van der Waals surface area contributed by atoms with Gasteiger partial charge in [-0.25, -0.2) is 4.68 Å². The fourth-order valence-corrected chi connectivity index (χ4v) is 2.89. The molecule has 0 bridgehead atoms. The monoisotopic (exact) mass is 380 g/mol. The number of nitrogens with one attached hydrogen (secondary N) is 1. The second kappa shape index (κ2) is 8.01. The number of aliphatic hydroxyl groups excluding tert-OH is 1. The Morgan fingerprint density at radius 2 is 2.22 bits per heavy atom. The molecule has 1 aromatic carbocycles. The molecule has 0 aliphatic carbocycles. The zero-order valence-electron chi connectivity index (χ0n) is 12.9. The molecule has 2 heterocycles. The Labute approximate surface area is 144 Å². The summed E-state index contributed by atoms with van der Waals surface area (Å²) < 4.78 is 8.49. The third-order valence-corrected chi connectivity index (χ3v) is 4.45. The summed E-state index contributed by atoms with van der Waals surface area (Å²) in [6, 6.07) is 7.62. The predicted octanol–water partition coefficient (Wildman–Crippen LogP) is 2.04. The number of piperidine rings is 1. The van der Waals surface area contributed by atoms with E-state index >= 15 is 0 Å². The van der Waals surface area contributed by atoms with Crippen molar-refractivity contribution in [1.82, 2.24) is 20.3 Å². The van der Waals surface area contributed by atoms with Crippen LogP contribution in [0.1, 0.15) is 30.2 Å². The molecule has 6 nitrogen and oxygen atoms in total. The summed E-state index contributed by atoms with van der Waals surface area (Å²) in [6.45, 7) is 2.81. The summed E-state index contributed by atoms with van der Waals surface area (Å²) in [7, 11) is 0. The average Bonchev–Trinajstić information content (AvgIpc) is 3.02. The van der Waals surface area contributed by atoms with Crippen molar-refractivity contribution < 1.29 is 9.84 Å². The predicted molar refractivity (Wildman–Crippen MR) is 89.8 cm³/mol. The number of benzene rings is 1. The molecule has 0 radical (unpaired) electrons. The summed E-state index contributed by atoms with van der Waals surface area (Å²) in [5, 5.41) is 21.8. The lowest BCUT2D eigenvalue weighted by Crippen LogP contribution is -2.35. The van der Waals surface area contributed by atoms with Crippen molar-refractivity contribution in [3.63, 3.8) is 0 Å². The molecule has 1 fully saturated rings. The maximum Gasteiger partial charge on any atom is 0.108 e. The molecule has 2 aromatic rings. The Morgan fingerprint density at radius 1 is 1.39 bits per heavy atom. The van der Waals surface area contributed by atoms with Gasteiger partial charge in [-0.2, -0.15) is 0 Å². The van der Waals surface area contributed by atoms with Gasteiger partial charge in [0.15, 0.2) is 0 Å². The van der Waals surface area contributed by atoms with Crippen LogP contribution in [-0.4, -0.2) is 39.3 Å². The normalized spacial score (nSPS) is 19.7. The van der Waals surface area contributed by atoms with Gasteiger partial charge in [0.25, 0.3) is 0 Å². The second-order valence-electron chi connectivity index (χ2n) is 5.78.